The lowest BCUT2D eigenvalue weighted by atomic mass is 10.1. The number of nitrogens with zero attached hydrogens (tertiary/aromatic N) is 3. The Morgan fingerprint density at radius 3 is 2.57 bits per heavy atom. The average molecular weight is 197 g/mol. The lowest BCUT2D eigenvalue weighted by molar-refractivity contribution is -0.132. The smallest absolute Gasteiger partial charge is 0.211 e. The van der Waals surface area contributed by atoms with E-state index in [-0.39, 0.29) is 17.5 Å². The molecule has 1 rings (SSSR count). The van der Waals surface area contributed by atoms with Crippen LogP contribution in [0.3, 0.4) is 0 Å². The molecular formula is C9H15N3O2. The molecule has 1 aliphatic heterocycles. The van der Waals surface area contributed by atoms with E-state index in [4.69, 9.17) is 0 Å². The number of rotatable bonds is 6. The van der Waals surface area contributed by atoms with Crippen molar-refractivity contribution in [2.24, 2.45) is 10.2 Å². The third-order valence-electron chi connectivity index (χ3n) is 2.57. The van der Waals surface area contributed by atoms with Crippen LogP contribution >= 0.6 is 0 Å². The van der Waals surface area contributed by atoms with Crippen LogP contribution in [0.25, 0.3) is 0 Å². The number of Topliss-reactive ketones (excluding diaryl/α,β-unsaturated/α-hetero) is 1. The molecule has 0 aliphatic carbocycles. The maximum atomic E-state index is 11.0. The largest absolute Gasteiger partial charge is 0.296 e. The van der Waals surface area contributed by atoms with Gasteiger partial charge >= 0.3 is 0 Å². The van der Waals surface area contributed by atoms with Gasteiger partial charge in [-0.2, -0.15) is 10.2 Å². The Balaban J connectivity index is 2.29. The van der Waals surface area contributed by atoms with Crippen LogP contribution in [0, 0.1) is 0 Å². The second-order valence-electron chi connectivity index (χ2n) is 3.84. The van der Waals surface area contributed by atoms with Gasteiger partial charge in [0.2, 0.25) is 5.78 Å². The molecule has 0 aromatic heterocycles. The molecule has 14 heavy (non-hydrogen) atoms. The van der Waals surface area contributed by atoms with Crippen LogP contribution in [0.15, 0.2) is 10.2 Å². The summed E-state index contributed by atoms with van der Waals surface area (Å²) >= 11 is 0. The summed E-state index contributed by atoms with van der Waals surface area (Å²) in [6, 6.07) is -0.352. The van der Waals surface area contributed by atoms with Gasteiger partial charge in [0.05, 0.1) is 6.04 Å². The van der Waals surface area contributed by atoms with E-state index in [9.17, 15) is 9.59 Å². The number of ketones is 1. The van der Waals surface area contributed by atoms with Gasteiger partial charge in [-0.05, 0) is 20.9 Å². The van der Waals surface area contributed by atoms with Gasteiger partial charge < -0.3 is 0 Å². The normalized spacial score (nSPS) is 19.4. The minimum atomic E-state index is -0.387. The molecule has 0 saturated carbocycles. The summed E-state index contributed by atoms with van der Waals surface area (Å²) in [5.41, 5.74) is -0.238. The maximum Gasteiger partial charge on any atom is 0.211 e. The average Bonchev–Trinajstić information content (AvgIpc) is 2.91. The zero-order chi connectivity index (χ0) is 10.8. The number of carbonyl (C=O) groups excluding carboxylic acids is 2. The van der Waals surface area contributed by atoms with E-state index in [1.54, 1.807) is 6.92 Å². The van der Waals surface area contributed by atoms with Crippen LogP contribution in [0.4, 0.5) is 0 Å². The van der Waals surface area contributed by atoms with E-state index in [1.165, 1.54) is 0 Å². The lowest BCUT2D eigenvalue weighted by Crippen LogP contribution is -2.38. The Morgan fingerprint density at radius 2 is 2.14 bits per heavy atom. The fourth-order valence-corrected chi connectivity index (χ4v) is 1.08. The number of aldehydes is 1. The van der Waals surface area contributed by atoms with Crippen molar-refractivity contribution >= 4 is 12.1 Å². The van der Waals surface area contributed by atoms with Gasteiger partial charge in [0.25, 0.3) is 0 Å². The standard InChI is InChI=1S/C9H15N3O2/c1-7(8(14)6-13)12(3)5-4-9(2)10-11-9/h6-7H,4-5H2,1-3H3. The van der Waals surface area contributed by atoms with Crippen molar-refractivity contribution in [3.05, 3.63) is 0 Å². The van der Waals surface area contributed by atoms with Crippen molar-refractivity contribution in [1.82, 2.24) is 4.90 Å². The van der Waals surface area contributed by atoms with Gasteiger partial charge in [-0.25, -0.2) is 0 Å². The predicted octanol–water partition coefficient (Wildman–Crippen LogP) is 0.647. The van der Waals surface area contributed by atoms with Gasteiger partial charge in [-0.3, -0.25) is 14.5 Å². The van der Waals surface area contributed by atoms with E-state index in [2.05, 4.69) is 10.2 Å². The second-order valence-corrected chi connectivity index (χ2v) is 3.84. The first-order chi connectivity index (χ1) is 6.48. The van der Waals surface area contributed by atoms with Gasteiger partial charge in [-0.15, -0.1) is 0 Å². The predicted molar refractivity (Wildman–Crippen MR) is 51.0 cm³/mol. The monoisotopic (exact) mass is 197 g/mol. The summed E-state index contributed by atoms with van der Waals surface area (Å²) in [4.78, 5) is 23.1. The minimum Gasteiger partial charge on any atom is -0.296 e. The summed E-state index contributed by atoms with van der Waals surface area (Å²) in [5.74, 6) is -0.387. The number of likely N-dealkylation sites (N-methyl/N-ethyl adjacent to an activating group) is 1. The van der Waals surface area contributed by atoms with Gasteiger partial charge in [-0.1, -0.05) is 0 Å². The van der Waals surface area contributed by atoms with Crippen LogP contribution in [0.5, 0.6) is 0 Å². The molecule has 0 bridgehead atoms. The van der Waals surface area contributed by atoms with Crippen molar-refractivity contribution in [2.75, 3.05) is 13.6 Å². The van der Waals surface area contributed by atoms with E-state index in [0.29, 0.717) is 12.8 Å². The first kappa shape index (κ1) is 11.0. The number of hydrogen-bond acceptors (Lipinski definition) is 5. The molecule has 5 heteroatoms. The van der Waals surface area contributed by atoms with E-state index >= 15 is 0 Å². The first-order valence-electron chi connectivity index (χ1n) is 4.62. The topological polar surface area (TPSA) is 62.1 Å². The molecule has 1 aliphatic rings. The SMILES string of the molecule is CC(C(=O)C=O)N(C)CCC1(C)N=N1. The molecule has 0 aromatic carbocycles. The molecule has 1 heterocycles. The second kappa shape index (κ2) is 3.96. The molecule has 0 radical (unpaired) electrons. The highest BCUT2D eigenvalue weighted by atomic mass is 16.2. The summed E-state index contributed by atoms with van der Waals surface area (Å²) in [6.07, 6.45) is 1.16. The molecule has 1 unspecified atom stereocenters. The van der Waals surface area contributed by atoms with Crippen LogP contribution in [-0.2, 0) is 9.59 Å². The highest BCUT2D eigenvalue weighted by Crippen LogP contribution is 2.30. The van der Waals surface area contributed by atoms with E-state index in [0.717, 1.165) is 6.42 Å². The Hall–Kier alpha value is -1.10. The quantitative estimate of drug-likeness (QED) is 0.464. The molecule has 0 N–H and O–H groups in total. The zero-order valence-corrected chi connectivity index (χ0v) is 8.73. The third-order valence-corrected chi connectivity index (χ3v) is 2.57. The first-order valence-corrected chi connectivity index (χ1v) is 4.62. The Labute approximate surface area is 83.2 Å². The van der Waals surface area contributed by atoms with Gasteiger partial charge in [0.1, 0.15) is 0 Å². The Morgan fingerprint density at radius 1 is 1.57 bits per heavy atom. The number of carbonyl (C=O) groups is 2. The Bertz CT molecular complexity index is 269. The van der Waals surface area contributed by atoms with Crippen molar-refractivity contribution in [1.29, 1.82) is 0 Å². The fourth-order valence-electron chi connectivity index (χ4n) is 1.08. The zero-order valence-electron chi connectivity index (χ0n) is 8.73. The van der Waals surface area contributed by atoms with Crippen LogP contribution in [0.1, 0.15) is 20.3 Å². The van der Waals surface area contributed by atoms with Crippen molar-refractivity contribution in [3.8, 4) is 0 Å². The molecule has 78 valence electrons. The van der Waals surface area contributed by atoms with Crippen molar-refractivity contribution < 1.29 is 9.59 Å². The fraction of sp³-hybridized carbons (Fsp3) is 0.778. The van der Waals surface area contributed by atoms with E-state index in [1.807, 2.05) is 18.9 Å². The molecule has 0 aromatic rings. The Kier molecular flexibility index (Phi) is 3.10. The molecule has 0 spiro atoms. The number of hydrogen-bond donors (Lipinski definition) is 0. The highest BCUT2D eigenvalue weighted by molar-refractivity contribution is 6.27. The van der Waals surface area contributed by atoms with Gasteiger partial charge in [0, 0.05) is 13.0 Å². The van der Waals surface area contributed by atoms with Crippen molar-refractivity contribution in [3.63, 3.8) is 0 Å². The van der Waals surface area contributed by atoms with Crippen molar-refractivity contribution in [2.45, 2.75) is 32.0 Å². The molecule has 1 atom stereocenters. The minimum absolute atomic E-state index is 0.238. The lowest BCUT2D eigenvalue weighted by Gasteiger charge is -2.22. The molecule has 0 fully saturated rings. The van der Waals surface area contributed by atoms with Gasteiger partial charge in [0.15, 0.2) is 11.9 Å². The molecule has 0 saturated heterocycles. The molecular weight excluding hydrogens is 182 g/mol. The third kappa shape index (κ3) is 2.70. The summed E-state index contributed by atoms with van der Waals surface area (Å²) in [5, 5.41) is 7.75. The summed E-state index contributed by atoms with van der Waals surface area (Å²) in [7, 11) is 1.82. The van der Waals surface area contributed by atoms with E-state index < -0.39 is 0 Å². The van der Waals surface area contributed by atoms with Crippen LogP contribution in [0.2, 0.25) is 0 Å². The summed E-state index contributed by atoms with van der Waals surface area (Å²) < 4.78 is 0. The highest BCUT2D eigenvalue weighted by Gasteiger charge is 2.34. The molecule has 5 nitrogen and oxygen atoms in total. The van der Waals surface area contributed by atoms with Crippen LogP contribution in [-0.4, -0.2) is 42.3 Å². The summed E-state index contributed by atoms with van der Waals surface area (Å²) in [6.45, 7) is 4.37. The molecule has 0 amide bonds. The maximum absolute atomic E-state index is 11.0. The van der Waals surface area contributed by atoms with Crippen LogP contribution < -0.4 is 0 Å².